The highest BCUT2D eigenvalue weighted by atomic mass is 15.2. The van der Waals surface area contributed by atoms with Crippen molar-refractivity contribution in [1.29, 1.82) is 0 Å². The largest absolute Gasteiger partial charge is 0.314 e. The highest BCUT2D eigenvalue weighted by Crippen LogP contribution is 2.50. The van der Waals surface area contributed by atoms with E-state index in [9.17, 15) is 0 Å². The number of hydrogen-bond donors (Lipinski definition) is 0. The Morgan fingerprint density at radius 3 is 1.30 bits per heavy atom. The lowest BCUT2D eigenvalue weighted by molar-refractivity contribution is 0.894. The molecular weight excluding hydrogens is 917 g/mol. The molecule has 0 radical (unpaired) electrons. The Bertz CT molecular complexity index is 4310. The minimum absolute atomic E-state index is 0.947. The maximum Gasteiger partial charge on any atom is 0.0468 e. The summed E-state index contributed by atoms with van der Waals surface area (Å²) < 4.78 is 0. The van der Waals surface area contributed by atoms with Gasteiger partial charge >= 0.3 is 0 Å². The minimum atomic E-state index is 0.947. The van der Waals surface area contributed by atoms with Crippen molar-refractivity contribution in [2.45, 2.75) is 51.4 Å². The molecule has 2 nitrogen and oxygen atoms in total. The van der Waals surface area contributed by atoms with Gasteiger partial charge in [-0.25, -0.2) is 0 Å². The number of allylic oxidation sites excluding steroid dienone is 4. The molecule has 2 heteroatoms. The van der Waals surface area contributed by atoms with Gasteiger partial charge in [-0.15, -0.1) is 0 Å². The Labute approximate surface area is 445 Å². The van der Waals surface area contributed by atoms with Gasteiger partial charge in [0, 0.05) is 34.1 Å². The fourth-order valence-corrected chi connectivity index (χ4v) is 13.1. The average Bonchev–Trinajstić information content (AvgIpc) is 3.53. The van der Waals surface area contributed by atoms with Crippen LogP contribution in [-0.2, 0) is 25.7 Å². The van der Waals surface area contributed by atoms with Crippen LogP contribution in [0.1, 0.15) is 81.3 Å². The van der Waals surface area contributed by atoms with Crippen LogP contribution in [-0.4, -0.2) is 0 Å². The van der Waals surface area contributed by atoms with Crippen LogP contribution in [0, 0.1) is 0 Å². The number of hydrogen-bond acceptors (Lipinski definition) is 2. The zero-order valence-corrected chi connectivity index (χ0v) is 42.6. The van der Waals surface area contributed by atoms with Crippen LogP contribution in [0.4, 0.5) is 28.4 Å². The van der Waals surface area contributed by atoms with Gasteiger partial charge in [-0.3, -0.25) is 0 Å². The molecule has 0 bridgehead atoms. The molecule has 0 spiro atoms. The molecule has 0 amide bonds. The van der Waals surface area contributed by atoms with Gasteiger partial charge in [0.1, 0.15) is 0 Å². The third-order valence-corrected chi connectivity index (χ3v) is 16.9. The Morgan fingerprint density at radius 1 is 0.276 bits per heavy atom. The lowest BCUT2D eigenvalue weighted by Gasteiger charge is -2.32. The van der Waals surface area contributed by atoms with E-state index in [1.54, 1.807) is 0 Å². The van der Waals surface area contributed by atoms with Gasteiger partial charge in [0.05, 0.1) is 0 Å². The molecule has 11 aromatic carbocycles. The van der Waals surface area contributed by atoms with E-state index in [2.05, 4.69) is 253 Å². The van der Waals surface area contributed by atoms with Crippen molar-refractivity contribution in [2.24, 2.45) is 0 Å². The number of benzene rings is 11. The molecule has 15 rings (SSSR count). The monoisotopic (exact) mass is 972 g/mol. The SMILES string of the molecule is C1=Cc2cc(N(c3ccc4ccccc4c3)c3ccc4c(C5=Cc6ccccc6CC5)c5cc(N(C6=Cc7ccccc7CC6)c6ccc7ccccc7c6)ccc5c(C5=Cc6ccccc6CC5)c4c3)ccc2CC1. The number of fused-ring (bicyclic) bond motifs is 8. The second kappa shape index (κ2) is 18.4. The number of rotatable bonds is 8. The molecule has 0 aromatic heterocycles. The van der Waals surface area contributed by atoms with E-state index in [0.29, 0.717) is 0 Å². The van der Waals surface area contributed by atoms with Gasteiger partial charge in [0.15, 0.2) is 0 Å². The third kappa shape index (κ3) is 7.78. The lowest BCUT2D eigenvalue weighted by atomic mass is 9.79. The molecule has 0 heterocycles. The molecule has 11 aromatic rings. The fraction of sp³-hybridized carbons (Fsp3) is 0.108. The summed E-state index contributed by atoms with van der Waals surface area (Å²) in [6.45, 7) is 0. The van der Waals surface area contributed by atoms with Crippen molar-refractivity contribution in [3.05, 3.63) is 280 Å². The van der Waals surface area contributed by atoms with E-state index in [1.165, 1.54) is 127 Å². The Morgan fingerprint density at radius 2 is 0.711 bits per heavy atom. The highest BCUT2D eigenvalue weighted by Gasteiger charge is 2.27. The second-order valence-corrected chi connectivity index (χ2v) is 21.3. The zero-order chi connectivity index (χ0) is 50.1. The number of aryl methyl sites for hydroxylation is 4. The normalized spacial score (nSPS) is 14.6. The first kappa shape index (κ1) is 44.5. The van der Waals surface area contributed by atoms with Crippen LogP contribution in [0.5, 0.6) is 0 Å². The standard InChI is InChI=1S/C74H56N2/c1-7-19-55-41-61(27-25-49(55)13-1)73-69-39-37-68(76(65-35-31-53-17-5-11-23-59(53)45-65)66-36-32-54-18-6-12-24-60(54)46-66)48-72(69)74(62-28-26-50-14-2-8-20-56(50)42-62)70-40-38-67(47-71(70)73)75(63-33-29-51-15-3-9-21-57(51)43-63)64-34-30-52-16-4-10-22-58(52)44-64/h1-5,7-17,19-24,29,31-33,35-48H,6,18,25-28,30,34H2. The predicted octanol–water partition coefficient (Wildman–Crippen LogP) is 19.8. The highest BCUT2D eigenvalue weighted by molar-refractivity contribution is 6.20. The summed E-state index contributed by atoms with van der Waals surface area (Å²) in [4.78, 5) is 5.07. The first-order valence-electron chi connectivity index (χ1n) is 27.4. The van der Waals surface area contributed by atoms with Crippen LogP contribution in [0.3, 0.4) is 0 Å². The Balaban J connectivity index is 1.02. The Hall–Kier alpha value is -8.98. The topological polar surface area (TPSA) is 6.48 Å². The van der Waals surface area contributed by atoms with Gasteiger partial charge in [0.25, 0.3) is 0 Å². The van der Waals surface area contributed by atoms with Crippen LogP contribution in [0.2, 0.25) is 0 Å². The second-order valence-electron chi connectivity index (χ2n) is 21.3. The predicted molar refractivity (Wildman–Crippen MR) is 325 cm³/mol. The average molecular weight is 973 g/mol. The fourth-order valence-electron chi connectivity index (χ4n) is 13.1. The van der Waals surface area contributed by atoms with E-state index >= 15 is 0 Å². The molecule has 0 fully saturated rings. The summed E-state index contributed by atoms with van der Waals surface area (Å²) in [6, 6.07) is 80.5. The van der Waals surface area contributed by atoms with Crippen molar-refractivity contribution >= 4 is 107 Å². The summed E-state index contributed by atoms with van der Waals surface area (Å²) in [5.74, 6) is 0. The minimum Gasteiger partial charge on any atom is -0.314 e. The van der Waals surface area contributed by atoms with E-state index < -0.39 is 0 Å². The Kier molecular flexibility index (Phi) is 10.8. The summed E-state index contributed by atoms with van der Waals surface area (Å²) in [7, 11) is 0. The van der Waals surface area contributed by atoms with Crippen molar-refractivity contribution in [2.75, 3.05) is 9.80 Å². The van der Waals surface area contributed by atoms with Crippen LogP contribution in [0.15, 0.2) is 224 Å². The first-order valence-corrected chi connectivity index (χ1v) is 27.4. The maximum atomic E-state index is 2.56. The first-order chi connectivity index (χ1) is 37.6. The molecule has 0 aliphatic heterocycles. The van der Waals surface area contributed by atoms with E-state index in [-0.39, 0.29) is 0 Å². The molecule has 0 atom stereocenters. The van der Waals surface area contributed by atoms with E-state index in [1.807, 2.05) is 0 Å². The maximum absolute atomic E-state index is 2.56. The van der Waals surface area contributed by atoms with Gasteiger partial charge in [-0.1, -0.05) is 176 Å². The van der Waals surface area contributed by atoms with Gasteiger partial charge in [-0.05, 0) is 228 Å². The summed E-state index contributed by atoms with van der Waals surface area (Å²) in [5, 5.41) is 10.2. The van der Waals surface area contributed by atoms with Gasteiger partial charge in [-0.2, -0.15) is 0 Å². The van der Waals surface area contributed by atoms with Gasteiger partial charge in [0.2, 0.25) is 0 Å². The summed E-state index contributed by atoms with van der Waals surface area (Å²) in [6.07, 6.45) is 20.1. The lowest BCUT2D eigenvalue weighted by Crippen LogP contribution is -2.19. The molecule has 0 unspecified atom stereocenters. The van der Waals surface area contributed by atoms with E-state index in [4.69, 9.17) is 0 Å². The molecule has 4 aliphatic carbocycles. The van der Waals surface area contributed by atoms with Crippen LogP contribution >= 0.6 is 0 Å². The number of nitrogens with zero attached hydrogens (tertiary/aromatic N) is 2. The van der Waals surface area contributed by atoms with Gasteiger partial charge < -0.3 is 9.80 Å². The smallest absolute Gasteiger partial charge is 0.0468 e. The molecule has 0 saturated carbocycles. The number of anilines is 5. The quantitative estimate of drug-likeness (QED) is 0.140. The molecular formula is C74H56N2. The van der Waals surface area contributed by atoms with Crippen molar-refractivity contribution < 1.29 is 0 Å². The van der Waals surface area contributed by atoms with E-state index in [0.717, 1.165) is 68.4 Å². The molecule has 4 aliphatic rings. The molecule has 0 saturated heterocycles. The van der Waals surface area contributed by atoms with Crippen LogP contribution < -0.4 is 9.80 Å². The molecule has 0 N–H and O–H groups in total. The summed E-state index contributed by atoms with van der Waals surface area (Å²) in [5.41, 5.74) is 23.5. The van der Waals surface area contributed by atoms with Crippen molar-refractivity contribution in [3.63, 3.8) is 0 Å². The zero-order valence-electron chi connectivity index (χ0n) is 42.6. The molecule has 76 heavy (non-hydrogen) atoms. The van der Waals surface area contributed by atoms with Crippen molar-refractivity contribution in [3.8, 4) is 0 Å². The van der Waals surface area contributed by atoms with Crippen molar-refractivity contribution in [1.82, 2.24) is 0 Å². The van der Waals surface area contributed by atoms with Crippen LogP contribution in [0.25, 0.3) is 78.5 Å². The molecule has 362 valence electrons. The summed E-state index contributed by atoms with van der Waals surface area (Å²) >= 11 is 0. The third-order valence-electron chi connectivity index (χ3n) is 16.9.